The van der Waals surface area contributed by atoms with Crippen LogP contribution in [0.4, 0.5) is 0 Å². The largest absolute Gasteiger partial charge is 0.473 e. The van der Waals surface area contributed by atoms with Gasteiger partial charge >= 0.3 is 7.12 Å². The quantitative estimate of drug-likeness (QED) is 0.704. The van der Waals surface area contributed by atoms with E-state index >= 15 is 0 Å². The van der Waals surface area contributed by atoms with Crippen LogP contribution in [0.3, 0.4) is 0 Å². The molecule has 15 heavy (non-hydrogen) atoms. The second-order valence-corrected chi connectivity index (χ2v) is 5.67. The molecule has 1 amide bonds. The summed E-state index contributed by atoms with van der Waals surface area (Å²) >= 11 is 0. The van der Waals surface area contributed by atoms with E-state index in [1.165, 1.54) is 0 Å². The highest BCUT2D eigenvalue weighted by atomic mass is 16.7. The van der Waals surface area contributed by atoms with Gasteiger partial charge in [0.1, 0.15) is 0 Å². The Kier molecular flexibility index (Phi) is 2.69. The third kappa shape index (κ3) is 1.90. The number of amides is 1. The molecule has 1 heterocycles. The molecule has 86 valence electrons. The molecule has 0 atom stereocenters. The van der Waals surface area contributed by atoms with E-state index in [9.17, 15) is 4.79 Å². The maximum atomic E-state index is 11.3. The number of hydrogen-bond acceptors (Lipinski definition) is 3. The van der Waals surface area contributed by atoms with Gasteiger partial charge < -0.3 is 15.0 Å². The molecule has 2 N–H and O–H groups in total. The molecule has 0 bridgehead atoms. The zero-order chi connectivity index (χ0) is 12.1. The summed E-state index contributed by atoms with van der Waals surface area (Å²) in [5, 5.41) is -0.814. The Bertz CT molecular complexity index is 270. The van der Waals surface area contributed by atoms with Crippen molar-refractivity contribution < 1.29 is 14.1 Å². The Balaban J connectivity index is 2.93. The first kappa shape index (κ1) is 12.5. The Morgan fingerprint density at radius 1 is 1.13 bits per heavy atom. The first-order chi connectivity index (χ1) is 6.51. The molecule has 0 aromatic rings. The average molecular weight is 213 g/mol. The summed E-state index contributed by atoms with van der Waals surface area (Å²) in [5.74, 6) is -0.416. The van der Waals surface area contributed by atoms with Gasteiger partial charge in [-0.05, 0) is 27.7 Å². The van der Waals surface area contributed by atoms with Gasteiger partial charge in [-0.2, -0.15) is 0 Å². The van der Waals surface area contributed by atoms with Gasteiger partial charge in [0.05, 0.1) is 16.5 Å². The third-order valence-electron chi connectivity index (χ3n) is 3.48. The van der Waals surface area contributed by atoms with Crippen molar-refractivity contribution in [2.24, 2.45) is 5.73 Å². The number of hydrogen-bond donors (Lipinski definition) is 1. The van der Waals surface area contributed by atoms with Gasteiger partial charge in [-0.15, -0.1) is 0 Å². The molecule has 4 nitrogen and oxygen atoms in total. The number of carbonyl (C=O) groups excluding carboxylic acids is 1. The lowest BCUT2D eigenvalue weighted by Gasteiger charge is -2.32. The summed E-state index contributed by atoms with van der Waals surface area (Å²) in [5.41, 5.74) is 4.48. The molecule has 1 fully saturated rings. The fourth-order valence-electron chi connectivity index (χ4n) is 1.25. The lowest BCUT2D eigenvalue weighted by Crippen LogP contribution is -2.41. The fourth-order valence-corrected chi connectivity index (χ4v) is 1.25. The molecular weight excluding hydrogens is 193 g/mol. The predicted octanol–water partition coefficient (Wildman–Crippen LogP) is 1.34. The minimum absolute atomic E-state index is 0.416. The molecule has 0 aliphatic carbocycles. The minimum atomic E-state index is -0.814. The monoisotopic (exact) mass is 213 g/mol. The van der Waals surface area contributed by atoms with Crippen LogP contribution in [-0.4, -0.2) is 24.2 Å². The molecular formula is C10H20BNO3. The standard InChI is InChI=1S/C10H20BNO3/c1-8(2,7(12)13)11-14-9(3,4)10(5,6)15-11/h1-6H3,(H2,12,13). The van der Waals surface area contributed by atoms with E-state index in [4.69, 9.17) is 15.0 Å². The second-order valence-electron chi connectivity index (χ2n) is 5.67. The predicted molar refractivity (Wildman–Crippen MR) is 59.3 cm³/mol. The summed E-state index contributed by atoms with van der Waals surface area (Å²) in [7, 11) is -0.583. The van der Waals surface area contributed by atoms with E-state index in [-0.39, 0.29) is 0 Å². The first-order valence-electron chi connectivity index (χ1n) is 5.16. The Morgan fingerprint density at radius 2 is 1.47 bits per heavy atom. The Hall–Kier alpha value is -0.545. The molecule has 0 saturated carbocycles. The van der Waals surface area contributed by atoms with Crippen molar-refractivity contribution in [3.05, 3.63) is 0 Å². The summed E-state index contributed by atoms with van der Waals surface area (Å²) in [6, 6.07) is 0. The molecule has 0 radical (unpaired) electrons. The van der Waals surface area contributed by atoms with E-state index in [1.54, 1.807) is 13.8 Å². The van der Waals surface area contributed by atoms with Gasteiger partial charge in [-0.3, -0.25) is 4.79 Å². The number of primary amides is 1. The molecule has 0 aromatic heterocycles. The lowest BCUT2D eigenvalue weighted by molar-refractivity contribution is -0.120. The molecule has 1 aliphatic heterocycles. The topological polar surface area (TPSA) is 61.6 Å². The maximum absolute atomic E-state index is 11.3. The van der Waals surface area contributed by atoms with E-state index in [1.807, 2.05) is 27.7 Å². The van der Waals surface area contributed by atoms with Crippen molar-refractivity contribution in [3.63, 3.8) is 0 Å². The van der Waals surface area contributed by atoms with Crippen LogP contribution in [0, 0.1) is 0 Å². The molecule has 1 aliphatic rings. The van der Waals surface area contributed by atoms with Crippen molar-refractivity contribution in [3.8, 4) is 0 Å². The maximum Gasteiger partial charge on any atom is 0.473 e. The van der Waals surface area contributed by atoms with Crippen molar-refractivity contribution in [2.45, 2.75) is 58.1 Å². The number of nitrogens with two attached hydrogens (primary N) is 1. The zero-order valence-electron chi connectivity index (χ0n) is 10.4. The van der Waals surface area contributed by atoms with Crippen LogP contribution in [0.5, 0.6) is 0 Å². The number of carbonyl (C=O) groups is 1. The van der Waals surface area contributed by atoms with Crippen molar-refractivity contribution in [1.29, 1.82) is 0 Å². The highest BCUT2D eigenvalue weighted by molar-refractivity contribution is 6.55. The average Bonchev–Trinajstić information content (AvgIpc) is 2.21. The van der Waals surface area contributed by atoms with Gasteiger partial charge in [0.25, 0.3) is 0 Å². The smallest absolute Gasteiger partial charge is 0.403 e. The summed E-state index contributed by atoms with van der Waals surface area (Å²) < 4.78 is 11.5. The van der Waals surface area contributed by atoms with Crippen molar-refractivity contribution in [2.75, 3.05) is 0 Å². The highest BCUT2D eigenvalue weighted by Gasteiger charge is 2.58. The van der Waals surface area contributed by atoms with Gasteiger partial charge in [0.2, 0.25) is 5.91 Å². The van der Waals surface area contributed by atoms with Crippen LogP contribution in [0.25, 0.3) is 0 Å². The van der Waals surface area contributed by atoms with Crippen LogP contribution < -0.4 is 5.73 Å². The van der Waals surface area contributed by atoms with Crippen molar-refractivity contribution in [1.82, 2.24) is 0 Å². The van der Waals surface area contributed by atoms with Crippen LogP contribution >= 0.6 is 0 Å². The highest BCUT2D eigenvalue weighted by Crippen LogP contribution is 2.44. The van der Waals surface area contributed by atoms with Gasteiger partial charge in [0, 0.05) is 0 Å². The molecule has 0 spiro atoms. The summed E-state index contributed by atoms with van der Waals surface area (Å²) in [4.78, 5) is 11.3. The van der Waals surface area contributed by atoms with E-state index in [0.717, 1.165) is 0 Å². The van der Waals surface area contributed by atoms with Gasteiger partial charge in [-0.25, -0.2) is 0 Å². The molecule has 1 saturated heterocycles. The molecule has 5 heteroatoms. The fraction of sp³-hybridized carbons (Fsp3) is 0.900. The van der Waals surface area contributed by atoms with Crippen LogP contribution in [-0.2, 0) is 14.1 Å². The van der Waals surface area contributed by atoms with E-state index < -0.39 is 29.5 Å². The SMILES string of the molecule is CC(C)(B1OC(C)(C)C(C)(C)O1)C(N)=O. The Morgan fingerprint density at radius 3 is 1.73 bits per heavy atom. The first-order valence-corrected chi connectivity index (χ1v) is 5.16. The molecule has 0 aromatic carbocycles. The van der Waals surface area contributed by atoms with E-state index in [0.29, 0.717) is 0 Å². The number of rotatable bonds is 2. The van der Waals surface area contributed by atoms with Crippen LogP contribution in [0.1, 0.15) is 41.5 Å². The lowest BCUT2D eigenvalue weighted by atomic mass is 9.59. The third-order valence-corrected chi connectivity index (χ3v) is 3.48. The molecule has 0 unspecified atom stereocenters. The zero-order valence-corrected chi connectivity index (χ0v) is 10.4. The second kappa shape index (κ2) is 3.22. The van der Waals surface area contributed by atoms with Crippen LogP contribution in [0.2, 0.25) is 5.31 Å². The van der Waals surface area contributed by atoms with Gasteiger partial charge in [0.15, 0.2) is 0 Å². The molecule has 1 rings (SSSR count). The minimum Gasteiger partial charge on any atom is -0.403 e. The summed E-state index contributed by atoms with van der Waals surface area (Å²) in [6.07, 6.45) is 0. The summed E-state index contributed by atoms with van der Waals surface area (Å²) in [6.45, 7) is 11.3. The Labute approximate surface area is 91.6 Å². The normalized spacial score (nSPS) is 24.3. The van der Waals surface area contributed by atoms with E-state index in [2.05, 4.69) is 0 Å². The van der Waals surface area contributed by atoms with Gasteiger partial charge in [-0.1, -0.05) is 13.8 Å². The van der Waals surface area contributed by atoms with Crippen molar-refractivity contribution >= 4 is 13.0 Å². The van der Waals surface area contributed by atoms with Crippen LogP contribution in [0.15, 0.2) is 0 Å².